The number of fused-ring (bicyclic) bond motifs is 1. The Balaban J connectivity index is 1.54. The number of hydrogen-bond donors (Lipinski definition) is 1. The predicted octanol–water partition coefficient (Wildman–Crippen LogP) is 1.89. The van der Waals surface area contributed by atoms with Crippen LogP contribution in [0.2, 0.25) is 0 Å². The first-order valence-corrected chi connectivity index (χ1v) is 10.9. The Kier molecular flexibility index (Phi) is 5.50. The van der Waals surface area contributed by atoms with Gasteiger partial charge in [0.1, 0.15) is 11.6 Å². The zero-order valence-electron chi connectivity index (χ0n) is 16.6. The first kappa shape index (κ1) is 21.0. The zero-order chi connectivity index (χ0) is 22.2. The number of methoxy groups -OCH3 is 1. The van der Waals surface area contributed by atoms with Gasteiger partial charge in [0.2, 0.25) is 5.91 Å². The van der Waals surface area contributed by atoms with E-state index >= 15 is 0 Å². The van der Waals surface area contributed by atoms with E-state index in [1.54, 1.807) is 18.2 Å². The molecule has 0 aliphatic carbocycles. The maximum Gasteiger partial charge on any atom is 0.282 e. The number of hydrogen-bond acceptors (Lipinski definition) is 6. The van der Waals surface area contributed by atoms with Crippen molar-refractivity contribution in [2.24, 2.45) is 0 Å². The average Bonchev–Trinajstić information content (AvgIpc) is 3.35. The van der Waals surface area contributed by atoms with Gasteiger partial charge in [0, 0.05) is 23.9 Å². The van der Waals surface area contributed by atoms with E-state index in [-0.39, 0.29) is 23.5 Å². The van der Waals surface area contributed by atoms with Crippen molar-refractivity contribution in [3.63, 3.8) is 0 Å². The minimum absolute atomic E-state index is 0.0577. The number of ether oxygens (including phenoxy) is 1. The zero-order valence-corrected chi connectivity index (χ0v) is 17.4. The first-order valence-electron chi connectivity index (χ1n) is 9.46. The van der Waals surface area contributed by atoms with Gasteiger partial charge in [-0.3, -0.25) is 4.79 Å². The van der Waals surface area contributed by atoms with Crippen molar-refractivity contribution in [1.82, 2.24) is 14.1 Å². The number of nitrogens with zero attached hydrogens (tertiary/aromatic N) is 3. The summed E-state index contributed by atoms with van der Waals surface area (Å²) in [6.07, 6.45) is 1.37. The van der Waals surface area contributed by atoms with Crippen LogP contribution in [0.1, 0.15) is 22.7 Å². The Hall–Kier alpha value is -3.24. The SMILES string of the molecule is COc1ccc(S(=O)(=O)n2cc3c(n2)CN(C(=O)[C@H](CO)c2ccccc2F)C3)cc1. The van der Waals surface area contributed by atoms with E-state index in [2.05, 4.69) is 5.10 Å². The smallest absolute Gasteiger partial charge is 0.282 e. The fraction of sp³-hybridized carbons (Fsp3) is 0.238. The fourth-order valence-corrected chi connectivity index (χ4v) is 4.72. The van der Waals surface area contributed by atoms with E-state index in [0.29, 0.717) is 17.0 Å². The molecule has 4 rings (SSSR count). The van der Waals surface area contributed by atoms with E-state index in [9.17, 15) is 22.7 Å². The summed E-state index contributed by atoms with van der Waals surface area (Å²) < 4.78 is 45.7. The number of aliphatic hydroxyl groups excluding tert-OH is 1. The molecule has 2 heterocycles. The molecular formula is C21H20FN3O5S. The van der Waals surface area contributed by atoms with Crippen molar-refractivity contribution in [3.8, 4) is 5.75 Å². The molecule has 3 aromatic rings. The van der Waals surface area contributed by atoms with Crippen LogP contribution in [0.4, 0.5) is 4.39 Å². The molecule has 31 heavy (non-hydrogen) atoms. The molecule has 0 fully saturated rings. The summed E-state index contributed by atoms with van der Waals surface area (Å²) >= 11 is 0. The Labute approximate surface area is 178 Å². The van der Waals surface area contributed by atoms with Crippen molar-refractivity contribution in [1.29, 1.82) is 0 Å². The molecule has 10 heteroatoms. The quantitative estimate of drug-likeness (QED) is 0.622. The molecule has 0 radical (unpaired) electrons. The summed E-state index contributed by atoms with van der Waals surface area (Å²) in [5.74, 6) is -1.53. The normalized spacial score (nSPS) is 14.4. The fourth-order valence-electron chi connectivity index (χ4n) is 3.55. The van der Waals surface area contributed by atoms with Gasteiger partial charge >= 0.3 is 0 Å². The molecule has 1 amide bonds. The average molecular weight is 445 g/mol. The third kappa shape index (κ3) is 3.79. The molecule has 0 saturated heterocycles. The lowest BCUT2D eigenvalue weighted by atomic mass is 9.98. The van der Waals surface area contributed by atoms with Crippen molar-refractivity contribution >= 4 is 15.9 Å². The molecule has 1 aromatic heterocycles. The van der Waals surface area contributed by atoms with Gasteiger partial charge in [-0.1, -0.05) is 18.2 Å². The molecule has 0 saturated carbocycles. The van der Waals surface area contributed by atoms with Crippen LogP contribution in [-0.4, -0.2) is 47.2 Å². The van der Waals surface area contributed by atoms with Gasteiger partial charge in [-0.2, -0.15) is 17.6 Å². The number of carbonyl (C=O) groups excluding carboxylic acids is 1. The number of aliphatic hydroxyl groups is 1. The second-order valence-corrected chi connectivity index (χ2v) is 8.90. The van der Waals surface area contributed by atoms with E-state index in [0.717, 1.165) is 4.09 Å². The second kappa shape index (κ2) is 8.12. The third-order valence-electron chi connectivity index (χ3n) is 5.23. The number of amides is 1. The van der Waals surface area contributed by atoms with Crippen molar-refractivity contribution < 1.29 is 27.4 Å². The van der Waals surface area contributed by atoms with Gasteiger partial charge in [-0.05, 0) is 30.3 Å². The Morgan fingerprint density at radius 1 is 1.19 bits per heavy atom. The van der Waals surface area contributed by atoms with Gasteiger partial charge in [0.05, 0.1) is 36.8 Å². The lowest BCUT2D eigenvalue weighted by Crippen LogP contribution is -2.33. The molecule has 2 aromatic carbocycles. The van der Waals surface area contributed by atoms with Gasteiger partial charge in [0.25, 0.3) is 10.0 Å². The number of rotatable bonds is 6. The largest absolute Gasteiger partial charge is 0.497 e. The topological polar surface area (TPSA) is 102 Å². The second-order valence-electron chi connectivity index (χ2n) is 7.11. The minimum atomic E-state index is -3.89. The van der Waals surface area contributed by atoms with Crippen LogP contribution < -0.4 is 4.74 Å². The van der Waals surface area contributed by atoms with Crippen LogP contribution in [-0.2, 0) is 27.9 Å². The maximum atomic E-state index is 14.1. The maximum absolute atomic E-state index is 14.1. The summed E-state index contributed by atoms with van der Waals surface area (Å²) in [6.45, 7) is -0.346. The van der Waals surface area contributed by atoms with Crippen molar-refractivity contribution in [2.45, 2.75) is 23.9 Å². The van der Waals surface area contributed by atoms with Gasteiger partial charge < -0.3 is 14.7 Å². The lowest BCUT2D eigenvalue weighted by Gasteiger charge is -2.22. The molecule has 1 aliphatic heterocycles. The Bertz CT molecular complexity index is 1200. The van der Waals surface area contributed by atoms with Crippen molar-refractivity contribution in [2.75, 3.05) is 13.7 Å². The molecule has 8 nitrogen and oxygen atoms in total. The van der Waals surface area contributed by atoms with Gasteiger partial charge in [-0.25, -0.2) is 4.39 Å². The Morgan fingerprint density at radius 3 is 2.52 bits per heavy atom. The van der Waals surface area contributed by atoms with Crippen molar-refractivity contribution in [3.05, 3.63) is 77.4 Å². The third-order valence-corrected chi connectivity index (χ3v) is 6.78. The van der Waals surface area contributed by atoms with E-state index in [1.807, 2.05) is 0 Å². The highest BCUT2D eigenvalue weighted by Gasteiger charge is 2.34. The molecule has 1 atom stereocenters. The summed E-state index contributed by atoms with van der Waals surface area (Å²) in [4.78, 5) is 14.4. The number of benzene rings is 2. The van der Waals surface area contributed by atoms with E-state index < -0.39 is 34.3 Å². The van der Waals surface area contributed by atoms with Gasteiger partial charge in [0.15, 0.2) is 0 Å². The monoisotopic (exact) mass is 445 g/mol. The Morgan fingerprint density at radius 2 is 1.90 bits per heavy atom. The number of aromatic nitrogens is 2. The summed E-state index contributed by atoms with van der Waals surface area (Å²) in [7, 11) is -2.40. The van der Waals surface area contributed by atoms with Crippen LogP contribution in [0.3, 0.4) is 0 Å². The molecule has 0 unspecified atom stereocenters. The molecule has 0 bridgehead atoms. The summed E-state index contributed by atoms with van der Waals surface area (Å²) in [6, 6.07) is 11.7. The number of halogens is 1. The first-order chi connectivity index (χ1) is 14.8. The molecule has 0 spiro atoms. The van der Waals surface area contributed by atoms with E-state index in [1.165, 1.54) is 48.5 Å². The van der Waals surface area contributed by atoms with Crippen LogP contribution in [0.15, 0.2) is 59.6 Å². The standard InChI is InChI=1S/C21H20FN3O5S/c1-30-15-6-8-16(9-7-15)31(28,29)25-11-14-10-24(12-20(14)23-25)21(27)18(13-26)17-4-2-3-5-19(17)22/h2-9,11,18,26H,10,12-13H2,1H3/t18-/m1/s1. The number of carbonyl (C=O) groups is 1. The molecule has 1 aliphatic rings. The predicted molar refractivity (Wildman–Crippen MR) is 108 cm³/mol. The summed E-state index contributed by atoms with van der Waals surface area (Å²) in [5.41, 5.74) is 1.14. The highest BCUT2D eigenvalue weighted by atomic mass is 32.2. The van der Waals surface area contributed by atoms with Crippen LogP contribution in [0.5, 0.6) is 5.75 Å². The van der Waals surface area contributed by atoms with Crippen LogP contribution >= 0.6 is 0 Å². The van der Waals surface area contributed by atoms with Crippen LogP contribution in [0, 0.1) is 5.82 Å². The van der Waals surface area contributed by atoms with Crippen LogP contribution in [0.25, 0.3) is 0 Å². The minimum Gasteiger partial charge on any atom is -0.497 e. The molecule has 1 N–H and O–H groups in total. The van der Waals surface area contributed by atoms with Gasteiger partial charge in [-0.15, -0.1) is 0 Å². The molecule has 162 valence electrons. The van der Waals surface area contributed by atoms with E-state index in [4.69, 9.17) is 4.74 Å². The highest BCUT2D eigenvalue weighted by Crippen LogP contribution is 2.29. The molecular weight excluding hydrogens is 425 g/mol. The lowest BCUT2D eigenvalue weighted by molar-refractivity contribution is -0.134. The highest BCUT2D eigenvalue weighted by molar-refractivity contribution is 7.89. The summed E-state index contributed by atoms with van der Waals surface area (Å²) in [5, 5.41) is 13.9.